The van der Waals surface area contributed by atoms with Crippen LogP contribution in [0.1, 0.15) is 31.9 Å². The van der Waals surface area contributed by atoms with Crippen molar-refractivity contribution in [2.24, 2.45) is 0 Å². The second-order valence-electron chi connectivity index (χ2n) is 4.30. The molecule has 0 fully saturated rings. The highest BCUT2D eigenvalue weighted by Gasteiger charge is 2.16. The van der Waals surface area contributed by atoms with Crippen LogP contribution in [0.3, 0.4) is 0 Å². The van der Waals surface area contributed by atoms with Gasteiger partial charge in [-0.25, -0.2) is 4.39 Å². The zero-order chi connectivity index (χ0) is 13.5. The zero-order valence-electron chi connectivity index (χ0n) is 11.3. The van der Waals surface area contributed by atoms with Crippen molar-refractivity contribution < 1.29 is 4.39 Å². The summed E-state index contributed by atoms with van der Waals surface area (Å²) in [5.41, 5.74) is 0.735. The summed E-state index contributed by atoms with van der Waals surface area (Å²) < 4.78 is 14.6. The largest absolute Gasteiger partial charge is 0.313 e. The van der Waals surface area contributed by atoms with Crippen molar-refractivity contribution in [1.82, 2.24) is 10.2 Å². The summed E-state index contributed by atoms with van der Waals surface area (Å²) in [7, 11) is 1.88. The lowest BCUT2D eigenvalue weighted by molar-refractivity contribution is 0.283. The highest BCUT2D eigenvalue weighted by molar-refractivity contribution is 9.10. The molecule has 0 aliphatic carbocycles. The van der Waals surface area contributed by atoms with Crippen molar-refractivity contribution in [1.29, 1.82) is 0 Å². The number of hydrogen-bond acceptors (Lipinski definition) is 2. The Hall–Kier alpha value is -0.450. The van der Waals surface area contributed by atoms with Gasteiger partial charge >= 0.3 is 0 Å². The third kappa shape index (κ3) is 4.04. The monoisotopic (exact) mass is 316 g/mol. The number of nitrogens with one attached hydrogen (secondary N) is 1. The zero-order valence-corrected chi connectivity index (χ0v) is 12.9. The van der Waals surface area contributed by atoms with Crippen LogP contribution in [0.5, 0.6) is 0 Å². The van der Waals surface area contributed by atoms with Gasteiger partial charge in [0.2, 0.25) is 0 Å². The van der Waals surface area contributed by atoms with E-state index < -0.39 is 0 Å². The lowest BCUT2D eigenvalue weighted by Gasteiger charge is -2.23. The van der Waals surface area contributed by atoms with Crippen LogP contribution in [0.25, 0.3) is 0 Å². The molecule has 0 saturated heterocycles. The highest BCUT2D eigenvalue weighted by Crippen LogP contribution is 2.25. The molecule has 0 bridgehead atoms. The van der Waals surface area contributed by atoms with E-state index in [2.05, 4.69) is 40.0 Å². The van der Waals surface area contributed by atoms with Gasteiger partial charge in [-0.15, -0.1) is 0 Å². The average molecular weight is 317 g/mol. The molecular formula is C14H22BrFN2. The second kappa shape index (κ2) is 7.87. The third-order valence-corrected chi connectivity index (χ3v) is 3.95. The van der Waals surface area contributed by atoms with E-state index in [1.54, 1.807) is 6.07 Å². The Kier molecular flexibility index (Phi) is 6.82. The molecule has 18 heavy (non-hydrogen) atoms. The fraction of sp³-hybridized carbons (Fsp3) is 0.571. The van der Waals surface area contributed by atoms with Crippen molar-refractivity contribution in [2.75, 3.05) is 26.7 Å². The van der Waals surface area contributed by atoms with Gasteiger partial charge in [-0.2, -0.15) is 0 Å². The van der Waals surface area contributed by atoms with Crippen LogP contribution < -0.4 is 5.32 Å². The predicted molar refractivity (Wildman–Crippen MR) is 78.3 cm³/mol. The topological polar surface area (TPSA) is 15.3 Å². The Balaban J connectivity index is 2.74. The lowest BCUT2D eigenvalue weighted by Crippen LogP contribution is -2.28. The Morgan fingerprint density at radius 3 is 2.56 bits per heavy atom. The first-order chi connectivity index (χ1) is 8.63. The molecule has 1 aromatic carbocycles. The standard InChI is InChI=1S/C14H22BrFN2/c1-4-18(5-2)10-9-13(17-3)11-7-6-8-12(15)14(11)16/h6-8,13,17H,4-5,9-10H2,1-3H3. The summed E-state index contributed by atoms with van der Waals surface area (Å²) in [6, 6.07) is 5.52. The maximum atomic E-state index is 14.0. The molecular weight excluding hydrogens is 295 g/mol. The van der Waals surface area contributed by atoms with Gasteiger partial charge in [-0.05, 0) is 55.1 Å². The molecule has 0 saturated carbocycles. The van der Waals surface area contributed by atoms with E-state index in [1.807, 2.05) is 19.2 Å². The molecule has 0 amide bonds. The van der Waals surface area contributed by atoms with E-state index >= 15 is 0 Å². The normalized spacial score (nSPS) is 13.0. The van der Waals surface area contributed by atoms with Crippen molar-refractivity contribution >= 4 is 15.9 Å². The average Bonchev–Trinajstić information content (AvgIpc) is 2.39. The van der Waals surface area contributed by atoms with E-state index in [0.29, 0.717) is 4.47 Å². The van der Waals surface area contributed by atoms with Crippen LogP contribution in [0, 0.1) is 5.82 Å². The number of rotatable bonds is 7. The fourth-order valence-corrected chi connectivity index (χ4v) is 2.48. The van der Waals surface area contributed by atoms with Crippen LogP contribution >= 0.6 is 15.9 Å². The molecule has 0 aromatic heterocycles. The maximum Gasteiger partial charge on any atom is 0.142 e. The summed E-state index contributed by atoms with van der Waals surface area (Å²) in [5, 5.41) is 3.20. The van der Waals surface area contributed by atoms with Crippen LogP contribution in [-0.2, 0) is 0 Å². The molecule has 0 aliphatic rings. The number of halogens is 2. The molecule has 0 aliphatic heterocycles. The van der Waals surface area contributed by atoms with Gasteiger partial charge in [0.05, 0.1) is 4.47 Å². The summed E-state index contributed by atoms with van der Waals surface area (Å²) in [6.45, 7) is 7.35. The van der Waals surface area contributed by atoms with Crippen LogP contribution in [-0.4, -0.2) is 31.6 Å². The molecule has 1 aromatic rings. The minimum Gasteiger partial charge on any atom is -0.313 e. The smallest absolute Gasteiger partial charge is 0.142 e. The van der Waals surface area contributed by atoms with E-state index in [-0.39, 0.29) is 11.9 Å². The number of benzene rings is 1. The van der Waals surface area contributed by atoms with E-state index in [0.717, 1.165) is 31.6 Å². The first-order valence-electron chi connectivity index (χ1n) is 6.47. The molecule has 0 heterocycles. The summed E-state index contributed by atoms with van der Waals surface area (Å²) >= 11 is 3.24. The number of hydrogen-bond donors (Lipinski definition) is 1. The Morgan fingerprint density at radius 1 is 1.33 bits per heavy atom. The van der Waals surface area contributed by atoms with Gasteiger partial charge in [0.1, 0.15) is 5.82 Å². The first-order valence-corrected chi connectivity index (χ1v) is 7.26. The Morgan fingerprint density at radius 2 is 2.00 bits per heavy atom. The molecule has 0 spiro atoms. The quantitative estimate of drug-likeness (QED) is 0.827. The summed E-state index contributed by atoms with van der Waals surface area (Å²) in [6.07, 6.45) is 0.908. The highest BCUT2D eigenvalue weighted by atomic mass is 79.9. The van der Waals surface area contributed by atoms with Crippen molar-refractivity contribution in [3.63, 3.8) is 0 Å². The van der Waals surface area contributed by atoms with Gasteiger partial charge in [-0.1, -0.05) is 26.0 Å². The Bertz CT molecular complexity index is 367. The van der Waals surface area contributed by atoms with Crippen LogP contribution in [0.2, 0.25) is 0 Å². The molecule has 1 N–H and O–H groups in total. The molecule has 1 unspecified atom stereocenters. The van der Waals surface area contributed by atoms with Gasteiger partial charge in [0.25, 0.3) is 0 Å². The van der Waals surface area contributed by atoms with E-state index in [1.165, 1.54) is 0 Å². The van der Waals surface area contributed by atoms with Crippen LogP contribution in [0.15, 0.2) is 22.7 Å². The van der Waals surface area contributed by atoms with Crippen molar-refractivity contribution in [2.45, 2.75) is 26.3 Å². The summed E-state index contributed by atoms with van der Waals surface area (Å²) in [4.78, 5) is 2.35. The minimum absolute atomic E-state index is 0.0584. The minimum atomic E-state index is -0.156. The molecule has 102 valence electrons. The second-order valence-corrected chi connectivity index (χ2v) is 5.15. The molecule has 4 heteroatoms. The lowest BCUT2D eigenvalue weighted by atomic mass is 10.0. The fourth-order valence-electron chi connectivity index (χ4n) is 2.10. The third-order valence-electron chi connectivity index (χ3n) is 3.33. The molecule has 0 radical (unpaired) electrons. The number of nitrogens with zero attached hydrogens (tertiary/aromatic N) is 1. The SMILES string of the molecule is CCN(CC)CCC(NC)c1cccc(Br)c1F. The van der Waals surface area contributed by atoms with Gasteiger partial charge < -0.3 is 10.2 Å². The van der Waals surface area contributed by atoms with Gasteiger partial charge in [-0.3, -0.25) is 0 Å². The van der Waals surface area contributed by atoms with Crippen molar-refractivity contribution in [3.8, 4) is 0 Å². The van der Waals surface area contributed by atoms with E-state index in [9.17, 15) is 4.39 Å². The predicted octanol–water partition coefficient (Wildman–Crippen LogP) is 3.58. The first kappa shape index (κ1) is 15.6. The van der Waals surface area contributed by atoms with Gasteiger partial charge in [0, 0.05) is 11.6 Å². The Labute approximate surface area is 118 Å². The molecule has 2 nitrogen and oxygen atoms in total. The molecule has 1 atom stereocenters. The summed E-state index contributed by atoms with van der Waals surface area (Å²) in [5.74, 6) is -0.156. The van der Waals surface area contributed by atoms with Gasteiger partial charge in [0.15, 0.2) is 0 Å². The van der Waals surface area contributed by atoms with E-state index in [4.69, 9.17) is 0 Å². The molecule has 1 rings (SSSR count). The van der Waals surface area contributed by atoms with Crippen LogP contribution in [0.4, 0.5) is 4.39 Å². The maximum absolute atomic E-state index is 14.0. The van der Waals surface area contributed by atoms with Crippen molar-refractivity contribution in [3.05, 3.63) is 34.1 Å².